The molecular weight excluding hydrogens is 200 g/mol. The Morgan fingerprint density at radius 3 is 2.38 bits per heavy atom. The molecule has 1 N–H and O–H groups in total. The minimum absolute atomic E-state index is 0.414. The van der Waals surface area contributed by atoms with Gasteiger partial charge < -0.3 is 5.11 Å². The van der Waals surface area contributed by atoms with Gasteiger partial charge in [0, 0.05) is 0 Å². The van der Waals surface area contributed by atoms with Crippen LogP contribution in [0.1, 0.15) is 65.7 Å². The van der Waals surface area contributed by atoms with Crippen LogP contribution in [0.4, 0.5) is 0 Å². The van der Waals surface area contributed by atoms with Gasteiger partial charge in [0.2, 0.25) is 0 Å². The fraction of sp³-hybridized carbons (Fsp3) is 0.929. The highest BCUT2D eigenvalue weighted by Gasteiger charge is 2.48. The van der Waals surface area contributed by atoms with E-state index in [1.54, 1.807) is 0 Å². The molecule has 0 amide bonds. The normalized spacial score (nSPS) is 30.8. The van der Waals surface area contributed by atoms with E-state index >= 15 is 0 Å². The molecule has 2 nitrogen and oxygen atoms in total. The van der Waals surface area contributed by atoms with E-state index in [4.69, 9.17) is 5.11 Å². The SMILES string of the molecule is CCCCC(CCC)C1CC(C)(C(=O)O)C1. The lowest BCUT2D eigenvalue weighted by Crippen LogP contribution is -2.44. The largest absolute Gasteiger partial charge is 0.481 e. The first-order chi connectivity index (χ1) is 7.53. The van der Waals surface area contributed by atoms with Crippen LogP contribution in [0.15, 0.2) is 0 Å². The van der Waals surface area contributed by atoms with Crippen LogP contribution in [-0.4, -0.2) is 11.1 Å². The zero-order chi connectivity index (χ0) is 12.2. The molecule has 0 aliphatic heterocycles. The smallest absolute Gasteiger partial charge is 0.309 e. The predicted octanol–water partition coefficient (Wildman–Crippen LogP) is 4.09. The van der Waals surface area contributed by atoms with E-state index in [1.165, 1.54) is 32.1 Å². The van der Waals surface area contributed by atoms with Crippen molar-refractivity contribution in [2.75, 3.05) is 0 Å². The topological polar surface area (TPSA) is 37.3 Å². The van der Waals surface area contributed by atoms with E-state index in [0.29, 0.717) is 5.92 Å². The van der Waals surface area contributed by atoms with Gasteiger partial charge >= 0.3 is 5.97 Å². The number of carbonyl (C=O) groups is 1. The minimum atomic E-state index is -0.602. The summed E-state index contributed by atoms with van der Waals surface area (Å²) in [6.07, 6.45) is 8.15. The van der Waals surface area contributed by atoms with Crippen molar-refractivity contribution in [2.45, 2.75) is 65.7 Å². The fourth-order valence-electron chi connectivity index (χ4n) is 3.06. The Hall–Kier alpha value is -0.530. The van der Waals surface area contributed by atoms with Crippen LogP contribution < -0.4 is 0 Å². The molecule has 0 bridgehead atoms. The van der Waals surface area contributed by atoms with Crippen molar-refractivity contribution in [3.05, 3.63) is 0 Å². The molecule has 0 saturated heterocycles. The summed E-state index contributed by atoms with van der Waals surface area (Å²) in [6, 6.07) is 0. The van der Waals surface area contributed by atoms with E-state index < -0.39 is 11.4 Å². The second-order valence-corrected chi connectivity index (χ2v) is 5.73. The van der Waals surface area contributed by atoms with Gasteiger partial charge in [0.05, 0.1) is 5.41 Å². The van der Waals surface area contributed by atoms with Crippen molar-refractivity contribution in [3.63, 3.8) is 0 Å². The molecule has 0 radical (unpaired) electrons. The Bertz CT molecular complexity index is 229. The first-order valence-corrected chi connectivity index (χ1v) is 6.77. The minimum Gasteiger partial charge on any atom is -0.481 e. The maximum absolute atomic E-state index is 11.0. The molecule has 1 atom stereocenters. The molecule has 2 heteroatoms. The standard InChI is InChI=1S/C14H26O2/c1-4-6-8-11(7-5-2)12-9-14(3,10-12)13(15)16/h11-12H,4-10H2,1-3H3,(H,15,16). The molecule has 1 saturated carbocycles. The van der Waals surface area contributed by atoms with Crippen molar-refractivity contribution >= 4 is 5.97 Å². The molecular formula is C14H26O2. The molecule has 0 aromatic rings. The number of carboxylic acid groups (broad SMARTS) is 1. The summed E-state index contributed by atoms with van der Waals surface area (Å²) in [5.74, 6) is 0.847. The van der Waals surface area contributed by atoms with Gasteiger partial charge in [0.15, 0.2) is 0 Å². The first-order valence-electron chi connectivity index (χ1n) is 6.77. The van der Waals surface area contributed by atoms with Crippen molar-refractivity contribution in [1.82, 2.24) is 0 Å². The van der Waals surface area contributed by atoms with Gasteiger partial charge in [-0.3, -0.25) is 4.79 Å². The van der Waals surface area contributed by atoms with Gasteiger partial charge in [0.25, 0.3) is 0 Å². The summed E-state index contributed by atoms with van der Waals surface area (Å²) in [5, 5.41) is 9.10. The van der Waals surface area contributed by atoms with Crippen LogP contribution in [-0.2, 0) is 4.79 Å². The zero-order valence-electron chi connectivity index (χ0n) is 11.0. The Labute approximate surface area is 99.4 Å². The third kappa shape index (κ3) is 2.99. The highest BCUT2D eigenvalue weighted by Crippen LogP contribution is 2.50. The maximum Gasteiger partial charge on any atom is 0.309 e. The molecule has 0 aromatic heterocycles. The predicted molar refractivity (Wildman–Crippen MR) is 66.4 cm³/mol. The highest BCUT2D eigenvalue weighted by atomic mass is 16.4. The van der Waals surface area contributed by atoms with E-state index in [1.807, 2.05) is 6.92 Å². The Balaban J connectivity index is 2.41. The summed E-state index contributed by atoms with van der Waals surface area (Å²) in [7, 11) is 0. The van der Waals surface area contributed by atoms with E-state index in [2.05, 4.69) is 13.8 Å². The third-order valence-electron chi connectivity index (χ3n) is 4.20. The molecule has 1 rings (SSSR count). The number of hydrogen-bond donors (Lipinski definition) is 1. The third-order valence-corrected chi connectivity index (χ3v) is 4.20. The van der Waals surface area contributed by atoms with Gasteiger partial charge in [0.1, 0.15) is 0 Å². The van der Waals surface area contributed by atoms with Crippen LogP contribution in [0, 0.1) is 17.3 Å². The maximum atomic E-state index is 11.0. The average molecular weight is 226 g/mol. The quantitative estimate of drug-likeness (QED) is 0.709. The molecule has 1 fully saturated rings. The summed E-state index contributed by atoms with van der Waals surface area (Å²) in [5.41, 5.74) is -0.414. The highest BCUT2D eigenvalue weighted by molar-refractivity contribution is 5.75. The Morgan fingerprint density at radius 1 is 1.31 bits per heavy atom. The number of unbranched alkanes of at least 4 members (excludes halogenated alkanes) is 1. The molecule has 1 aliphatic carbocycles. The van der Waals surface area contributed by atoms with Crippen molar-refractivity contribution in [1.29, 1.82) is 0 Å². The van der Waals surface area contributed by atoms with Gasteiger partial charge in [-0.1, -0.05) is 46.0 Å². The molecule has 94 valence electrons. The van der Waals surface area contributed by atoms with Crippen LogP contribution in [0.3, 0.4) is 0 Å². The lowest BCUT2D eigenvalue weighted by Gasteiger charge is -2.46. The monoisotopic (exact) mass is 226 g/mol. The molecule has 16 heavy (non-hydrogen) atoms. The van der Waals surface area contributed by atoms with Crippen molar-refractivity contribution in [3.8, 4) is 0 Å². The zero-order valence-corrected chi connectivity index (χ0v) is 11.0. The van der Waals surface area contributed by atoms with Gasteiger partial charge in [-0.2, -0.15) is 0 Å². The van der Waals surface area contributed by atoms with Crippen LogP contribution in [0.2, 0.25) is 0 Å². The van der Waals surface area contributed by atoms with Crippen molar-refractivity contribution < 1.29 is 9.90 Å². The van der Waals surface area contributed by atoms with E-state index in [9.17, 15) is 4.79 Å². The van der Waals surface area contributed by atoms with Gasteiger partial charge in [-0.05, 0) is 31.6 Å². The summed E-state index contributed by atoms with van der Waals surface area (Å²) in [6.45, 7) is 6.35. The lowest BCUT2D eigenvalue weighted by atomic mass is 9.58. The second-order valence-electron chi connectivity index (χ2n) is 5.73. The van der Waals surface area contributed by atoms with E-state index in [0.717, 1.165) is 18.8 Å². The van der Waals surface area contributed by atoms with Gasteiger partial charge in [-0.15, -0.1) is 0 Å². The Kier molecular flexibility index (Phi) is 4.82. The summed E-state index contributed by atoms with van der Waals surface area (Å²) >= 11 is 0. The van der Waals surface area contributed by atoms with Gasteiger partial charge in [-0.25, -0.2) is 0 Å². The van der Waals surface area contributed by atoms with Crippen molar-refractivity contribution in [2.24, 2.45) is 17.3 Å². The van der Waals surface area contributed by atoms with Crippen LogP contribution in [0.5, 0.6) is 0 Å². The number of aliphatic carboxylic acids is 1. The average Bonchev–Trinajstić information content (AvgIpc) is 2.19. The molecule has 0 aromatic carbocycles. The lowest BCUT2D eigenvalue weighted by molar-refractivity contribution is -0.158. The van der Waals surface area contributed by atoms with E-state index in [-0.39, 0.29) is 0 Å². The summed E-state index contributed by atoms with van der Waals surface area (Å²) in [4.78, 5) is 11.0. The first kappa shape index (κ1) is 13.5. The molecule has 0 spiro atoms. The van der Waals surface area contributed by atoms with Crippen LogP contribution >= 0.6 is 0 Å². The molecule has 1 unspecified atom stereocenters. The number of rotatable bonds is 7. The Morgan fingerprint density at radius 2 is 1.94 bits per heavy atom. The second kappa shape index (κ2) is 5.70. The summed E-state index contributed by atoms with van der Waals surface area (Å²) < 4.78 is 0. The number of hydrogen-bond acceptors (Lipinski definition) is 1. The van der Waals surface area contributed by atoms with Crippen LogP contribution in [0.25, 0.3) is 0 Å². The molecule has 0 heterocycles. The molecule has 1 aliphatic rings. The number of carboxylic acids is 1. The fourth-order valence-corrected chi connectivity index (χ4v) is 3.06.